The maximum Gasteiger partial charge on any atom is 0.300 e. The van der Waals surface area contributed by atoms with Gasteiger partial charge in [0.05, 0.1) is 13.7 Å². The van der Waals surface area contributed by atoms with Crippen molar-refractivity contribution < 1.29 is 24.8 Å². The number of aromatic nitrogens is 2. The van der Waals surface area contributed by atoms with Gasteiger partial charge in [0.25, 0.3) is 5.56 Å². The van der Waals surface area contributed by atoms with E-state index in [0.717, 1.165) is 4.57 Å². The fraction of sp³-hybridized carbons (Fsp3) is 0.636. The number of rotatable bonds is 3. The Hall–Kier alpha value is -1.39. The molecule has 4 N–H and O–H groups in total. The van der Waals surface area contributed by atoms with Crippen molar-refractivity contribution in [3.8, 4) is 6.01 Å². The number of anilines is 1. The van der Waals surface area contributed by atoms with Crippen molar-refractivity contribution in [1.82, 2.24) is 9.55 Å². The molecule has 10 heteroatoms. The van der Waals surface area contributed by atoms with Crippen LogP contribution in [-0.4, -0.2) is 63.1 Å². The van der Waals surface area contributed by atoms with Crippen LogP contribution < -0.4 is 15.6 Å². The van der Waals surface area contributed by atoms with Crippen LogP contribution in [0.2, 0.25) is 5.02 Å². The van der Waals surface area contributed by atoms with Crippen LogP contribution in [-0.2, 0) is 11.8 Å². The van der Waals surface area contributed by atoms with Crippen LogP contribution in [0, 0.1) is 0 Å². The zero-order chi connectivity index (χ0) is 15.7. The third kappa shape index (κ3) is 2.97. The zero-order valence-electron chi connectivity index (χ0n) is 11.4. The largest absolute Gasteiger partial charge is 0.468 e. The molecule has 0 bridgehead atoms. The Morgan fingerprint density at radius 2 is 2.10 bits per heavy atom. The summed E-state index contributed by atoms with van der Waals surface area (Å²) in [6, 6.07) is 0.0118. The third-order valence-corrected chi connectivity index (χ3v) is 3.50. The lowest BCUT2D eigenvalue weighted by molar-refractivity contribution is -0.178. The Bertz CT molecular complexity index is 580. The molecule has 0 radical (unpaired) electrons. The maximum atomic E-state index is 11.9. The van der Waals surface area contributed by atoms with Crippen LogP contribution in [0.5, 0.6) is 6.01 Å². The van der Waals surface area contributed by atoms with E-state index in [1.54, 1.807) is 0 Å². The van der Waals surface area contributed by atoms with Gasteiger partial charge in [-0.15, -0.1) is 0 Å². The molecule has 0 spiro atoms. The summed E-state index contributed by atoms with van der Waals surface area (Å²) in [6.45, 7) is -0.185. The molecule has 0 unspecified atom stereocenters. The number of nitrogens with one attached hydrogen (secondary N) is 1. The molecule has 0 aromatic carbocycles. The van der Waals surface area contributed by atoms with Crippen molar-refractivity contribution >= 4 is 17.4 Å². The lowest BCUT2D eigenvalue weighted by Crippen LogP contribution is -2.55. The van der Waals surface area contributed by atoms with Gasteiger partial charge in [-0.25, -0.2) is 0 Å². The average Bonchev–Trinajstić information content (AvgIpc) is 2.48. The summed E-state index contributed by atoms with van der Waals surface area (Å²) in [7, 11) is 2.78. The average molecular weight is 322 g/mol. The van der Waals surface area contributed by atoms with E-state index in [4.69, 9.17) is 21.1 Å². The van der Waals surface area contributed by atoms with Crippen LogP contribution in [0.1, 0.15) is 0 Å². The fourth-order valence-electron chi connectivity index (χ4n) is 1.90. The molecule has 1 aliphatic heterocycles. The molecular weight excluding hydrogens is 306 g/mol. The molecule has 2 rings (SSSR count). The third-order valence-electron chi connectivity index (χ3n) is 3.16. The number of hydrogen-bond donors (Lipinski definition) is 4. The highest BCUT2D eigenvalue weighted by molar-refractivity contribution is 6.32. The molecule has 1 aliphatic rings. The predicted octanol–water partition coefficient (Wildman–Crippen LogP) is -1.71. The van der Waals surface area contributed by atoms with Gasteiger partial charge in [-0.05, 0) is 0 Å². The van der Waals surface area contributed by atoms with Crippen molar-refractivity contribution in [3.63, 3.8) is 0 Å². The minimum absolute atomic E-state index is 0.0118. The maximum absolute atomic E-state index is 11.9. The molecule has 1 saturated heterocycles. The number of nitrogens with zero attached hydrogens (tertiary/aromatic N) is 2. The molecule has 4 atom stereocenters. The molecule has 2 heterocycles. The van der Waals surface area contributed by atoms with Gasteiger partial charge < -0.3 is 30.1 Å². The van der Waals surface area contributed by atoms with E-state index in [1.807, 2.05) is 0 Å². The van der Waals surface area contributed by atoms with E-state index in [-0.39, 0.29) is 23.5 Å². The van der Waals surface area contributed by atoms with Gasteiger partial charge in [0.1, 0.15) is 23.3 Å². The second-order valence-corrected chi connectivity index (χ2v) is 4.95. The Morgan fingerprint density at radius 3 is 2.71 bits per heavy atom. The monoisotopic (exact) mass is 321 g/mol. The van der Waals surface area contributed by atoms with Crippen LogP contribution in [0.25, 0.3) is 0 Å². The highest BCUT2D eigenvalue weighted by Gasteiger charge is 2.38. The smallest absolute Gasteiger partial charge is 0.300 e. The van der Waals surface area contributed by atoms with Crippen LogP contribution >= 0.6 is 11.6 Å². The number of aliphatic hydroxyl groups is 3. The second-order valence-electron chi connectivity index (χ2n) is 4.57. The normalized spacial score (nSPS) is 29.2. The highest BCUT2D eigenvalue weighted by atomic mass is 35.5. The first-order valence-corrected chi connectivity index (χ1v) is 6.47. The molecule has 0 amide bonds. The standard InChI is InChI=1S/C11H16ClN3O6/c1-15-10(19)5(12)8(14-11(15)20-2)13-9-7(18)6(17)4(16)3-21-9/h4,6-7,9,13,16-18H,3H2,1-2H3/t4-,6-,7-,9+/m1/s1. The number of hydrogen-bond acceptors (Lipinski definition) is 8. The van der Waals surface area contributed by atoms with E-state index in [0.29, 0.717) is 0 Å². The molecular formula is C11H16ClN3O6. The summed E-state index contributed by atoms with van der Waals surface area (Å²) in [6.07, 6.45) is -5.07. The van der Waals surface area contributed by atoms with E-state index >= 15 is 0 Å². The van der Waals surface area contributed by atoms with E-state index in [9.17, 15) is 20.1 Å². The molecule has 1 aromatic heterocycles. The second kappa shape index (κ2) is 6.16. The van der Waals surface area contributed by atoms with Gasteiger partial charge in [0.15, 0.2) is 12.0 Å². The quantitative estimate of drug-likeness (QED) is 0.518. The first kappa shape index (κ1) is 16.0. The Labute approximate surface area is 124 Å². The number of halogens is 1. The molecule has 1 fully saturated rings. The van der Waals surface area contributed by atoms with Gasteiger partial charge in [-0.3, -0.25) is 9.36 Å². The van der Waals surface area contributed by atoms with Crippen LogP contribution in [0.3, 0.4) is 0 Å². The van der Waals surface area contributed by atoms with Gasteiger partial charge in [-0.2, -0.15) is 4.98 Å². The predicted molar refractivity (Wildman–Crippen MR) is 72.4 cm³/mol. The van der Waals surface area contributed by atoms with Crippen molar-refractivity contribution in [2.24, 2.45) is 7.05 Å². The summed E-state index contributed by atoms with van der Waals surface area (Å²) in [4.78, 5) is 15.9. The van der Waals surface area contributed by atoms with Crippen molar-refractivity contribution in [2.75, 3.05) is 19.0 Å². The zero-order valence-corrected chi connectivity index (χ0v) is 12.1. The summed E-state index contributed by atoms with van der Waals surface area (Å²) in [5.74, 6) is -0.0516. The van der Waals surface area contributed by atoms with Crippen molar-refractivity contribution in [1.29, 1.82) is 0 Å². The summed E-state index contributed by atoms with van der Waals surface area (Å²) < 4.78 is 11.2. The molecule has 118 valence electrons. The van der Waals surface area contributed by atoms with Gasteiger partial charge in [0.2, 0.25) is 0 Å². The summed E-state index contributed by atoms with van der Waals surface area (Å²) >= 11 is 5.90. The first-order valence-electron chi connectivity index (χ1n) is 6.09. The Balaban J connectivity index is 2.28. The van der Waals surface area contributed by atoms with Gasteiger partial charge in [0, 0.05) is 7.05 Å². The van der Waals surface area contributed by atoms with E-state index in [2.05, 4.69) is 10.3 Å². The molecule has 9 nitrogen and oxygen atoms in total. The summed E-state index contributed by atoms with van der Waals surface area (Å²) in [5.41, 5.74) is -0.545. The minimum atomic E-state index is -1.42. The van der Waals surface area contributed by atoms with E-state index < -0.39 is 30.1 Å². The number of methoxy groups -OCH3 is 1. The van der Waals surface area contributed by atoms with Crippen molar-refractivity contribution in [2.45, 2.75) is 24.5 Å². The molecule has 1 aromatic rings. The van der Waals surface area contributed by atoms with Crippen LogP contribution in [0.15, 0.2) is 4.79 Å². The Kier molecular flexibility index (Phi) is 4.69. The highest BCUT2D eigenvalue weighted by Crippen LogP contribution is 2.22. The lowest BCUT2D eigenvalue weighted by atomic mass is 10.0. The number of ether oxygens (including phenoxy) is 2. The van der Waals surface area contributed by atoms with Gasteiger partial charge in [-0.1, -0.05) is 11.6 Å². The lowest BCUT2D eigenvalue weighted by Gasteiger charge is -2.35. The minimum Gasteiger partial charge on any atom is -0.468 e. The SMILES string of the molecule is COc1nc(N[C@H]2OC[C@@H](O)[C@@H](O)[C@H]2O)c(Cl)c(=O)n1C. The molecule has 0 saturated carbocycles. The van der Waals surface area contributed by atoms with Crippen LogP contribution in [0.4, 0.5) is 5.82 Å². The first-order chi connectivity index (χ1) is 9.86. The molecule has 21 heavy (non-hydrogen) atoms. The van der Waals surface area contributed by atoms with Crippen molar-refractivity contribution in [3.05, 3.63) is 15.4 Å². The topological polar surface area (TPSA) is 126 Å². The van der Waals surface area contributed by atoms with Gasteiger partial charge >= 0.3 is 6.01 Å². The number of aliphatic hydroxyl groups excluding tert-OH is 3. The van der Waals surface area contributed by atoms with E-state index in [1.165, 1.54) is 14.2 Å². The fourth-order valence-corrected chi connectivity index (χ4v) is 2.12. The Morgan fingerprint density at radius 1 is 1.43 bits per heavy atom. The molecule has 0 aliphatic carbocycles. The summed E-state index contributed by atoms with van der Waals surface area (Å²) in [5, 5.41) is 31.2.